The number of rotatable bonds is 5. The summed E-state index contributed by atoms with van der Waals surface area (Å²) in [5, 5.41) is 9.14. The molecule has 0 saturated heterocycles. The lowest BCUT2D eigenvalue weighted by atomic mass is 10.1. The molecule has 21 heavy (non-hydrogen) atoms. The molecule has 0 amide bonds. The van der Waals surface area contributed by atoms with Crippen LogP contribution in [0.15, 0.2) is 48.5 Å². The van der Waals surface area contributed by atoms with Gasteiger partial charge in [-0.1, -0.05) is 54.6 Å². The lowest BCUT2D eigenvalue weighted by Gasteiger charge is -2.09. The molecule has 0 spiro atoms. The van der Waals surface area contributed by atoms with Crippen molar-refractivity contribution >= 4 is 18.1 Å². The third-order valence-electron chi connectivity index (χ3n) is 3.13. The predicted molar refractivity (Wildman–Crippen MR) is 86.2 cm³/mol. The fraction of sp³-hybridized carbons (Fsp3) is 0.167. The number of aromatic carboxylic acids is 1. The van der Waals surface area contributed by atoms with Gasteiger partial charge >= 0.3 is 5.97 Å². The van der Waals surface area contributed by atoms with Gasteiger partial charge in [-0.15, -0.1) is 0 Å². The molecule has 2 aromatic rings. The summed E-state index contributed by atoms with van der Waals surface area (Å²) >= 11 is 0. The van der Waals surface area contributed by atoms with Gasteiger partial charge < -0.3 is 10.0 Å². The van der Waals surface area contributed by atoms with Crippen molar-refractivity contribution in [1.82, 2.24) is 4.90 Å². The number of carboxylic acid groups (broad SMARTS) is 1. The van der Waals surface area contributed by atoms with Crippen molar-refractivity contribution in [1.29, 1.82) is 0 Å². The van der Waals surface area contributed by atoms with Gasteiger partial charge in [-0.05, 0) is 36.9 Å². The van der Waals surface area contributed by atoms with Crippen molar-refractivity contribution in [3.05, 3.63) is 70.8 Å². The topological polar surface area (TPSA) is 40.5 Å². The standard InChI is InChI=1S/C18H19NO2/c1-19(2)13-15-9-7-14(8-10-15)11-12-16-5-3-4-6-17(16)18(20)21/h3-12H,13H2,1-2H3,(H,20,21)/b12-11+. The van der Waals surface area contributed by atoms with Crippen molar-refractivity contribution < 1.29 is 9.90 Å². The van der Waals surface area contributed by atoms with Crippen LogP contribution in [0.5, 0.6) is 0 Å². The summed E-state index contributed by atoms with van der Waals surface area (Å²) in [6.45, 7) is 0.909. The Hall–Kier alpha value is -2.39. The van der Waals surface area contributed by atoms with E-state index in [1.165, 1.54) is 5.56 Å². The van der Waals surface area contributed by atoms with Crippen molar-refractivity contribution in [3.8, 4) is 0 Å². The lowest BCUT2D eigenvalue weighted by molar-refractivity contribution is 0.0696. The summed E-state index contributed by atoms with van der Waals surface area (Å²) in [4.78, 5) is 13.3. The van der Waals surface area contributed by atoms with Gasteiger partial charge in [0.2, 0.25) is 0 Å². The molecule has 0 bridgehead atoms. The molecule has 0 atom stereocenters. The summed E-state index contributed by atoms with van der Waals surface area (Å²) in [6.07, 6.45) is 3.77. The molecule has 0 unspecified atom stereocenters. The van der Waals surface area contributed by atoms with Gasteiger partial charge in [0.25, 0.3) is 0 Å². The smallest absolute Gasteiger partial charge is 0.336 e. The largest absolute Gasteiger partial charge is 0.478 e. The van der Waals surface area contributed by atoms with E-state index in [4.69, 9.17) is 5.11 Å². The van der Waals surface area contributed by atoms with Crippen LogP contribution in [-0.2, 0) is 6.54 Å². The maximum Gasteiger partial charge on any atom is 0.336 e. The van der Waals surface area contributed by atoms with Crippen molar-refractivity contribution in [3.63, 3.8) is 0 Å². The number of benzene rings is 2. The van der Waals surface area contributed by atoms with Gasteiger partial charge in [-0.25, -0.2) is 4.79 Å². The van der Waals surface area contributed by atoms with E-state index in [1.54, 1.807) is 18.2 Å². The maximum absolute atomic E-state index is 11.1. The Morgan fingerprint density at radius 3 is 2.33 bits per heavy atom. The number of hydrogen-bond acceptors (Lipinski definition) is 2. The number of carbonyl (C=O) groups is 1. The van der Waals surface area contributed by atoms with Crippen LogP contribution in [0.3, 0.4) is 0 Å². The van der Waals surface area contributed by atoms with Crippen LogP contribution >= 0.6 is 0 Å². The molecule has 0 aliphatic carbocycles. The van der Waals surface area contributed by atoms with Gasteiger partial charge in [0.1, 0.15) is 0 Å². The molecule has 0 radical (unpaired) electrons. The van der Waals surface area contributed by atoms with E-state index in [-0.39, 0.29) is 0 Å². The molecule has 2 rings (SSSR count). The molecule has 108 valence electrons. The van der Waals surface area contributed by atoms with Crippen LogP contribution in [0.1, 0.15) is 27.0 Å². The minimum absolute atomic E-state index is 0.318. The van der Waals surface area contributed by atoms with Crippen LogP contribution in [0.4, 0.5) is 0 Å². The highest BCUT2D eigenvalue weighted by Gasteiger charge is 2.05. The number of carboxylic acids is 1. The third kappa shape index (κ3) is 4.29. The number of hydrogen-bond donors (Lipinski definition) is 1. The number of nitrogens with zero attached hydrogens (tertiary/aromatic N) is 1. The summed E-state index contributed by atoms with van der Waals surface area (Å²) in [7, 11) is 4.08. The zero-order valence-corrected chi connectivity index (χ0v) is 12.3. The van der Waals surface area contributed by atoms with E-state index in [0.29, 0.717) is 11.1 Å². The van der Waals surface area contributed by atoms with E-state index in [9.17, 15) is 4.79 Å². The second-order valence-electron chi connectivity index (χ2n) is 5.21. The summed E-state index contributed by atoms with van der Waals surface area (Å²) in [6, 6.07) is 15.2. The molecule has 1 N–H and O–H groups in total. The second kappa shape index (κ2) is 6.86. The molecule has 3 nitrogen and oxygen atoms in total. The molecule has 2 aromatic carbocycles. The molecule has 0 aromatic heterocycles. The Kier molecular flexibility index (Phi) is 4.90. The van der Waals surface area contributed by atoms with Crippen molar-refractivity contribution in [2.45, 2.75) is 6.54 Å². The monoisotopic (exact) mass is 281 g/mol. The zero-order chi connectivity index (χ0) is 15.2. The first kappa shape index (κ1) is 15.0. The van der Waals surface area contributed by atoms with E-state index in [2.05, 4.69) is 17.0 Å². The fourth-order valence-electron chi connectivity index (χ4n) is 2.12. The van der Waals surface area contributed by atoms with Crippen molar-refractivity contribution in [2.24, 2.45) is 0 Å². The molecule has 3 heteroatoms. The quantitative estimate of drug-likeness (QED) is 0.851. The van der Waals surface area contributed by atoms with Gasteiger partial charge in [-0.3, -0.25) is 0 Å². The Morgan fingerprint density at radius 1 is 1.05 bits per heavy atom. The first-order valence-corrected chi connectivity index (χ1v) is 6.80. The summed E-state index contributed by atoms with van der Waals surface area (Å²) in [5.74, 6) is -0.906. The average Bonchev–Trinajstić information content (AvgIpc) is 2.46. The van der Waals surface area contributed by atoms with E-state index >= 15 is 0 Å². The Morgan fingerprint density at radius 2 is 1.71 bits per heavy atom. The van der Waals surface area contributed by atoms with Crippen LogP contribution < -0.4 is 0 Å². The molecule has 0 aliphatic rings. The van der Waals surface area contributed by atoms with Gasteiger partial charge in [-0.2, -0.15) is 0 Å². The Balaban J connectivity index is 2.16. The zero-order valence-electron chi connectivity index (χ0n) is 12.3. The average molecular weight is 281 g/mol. The molecular formula is C18H19NO2. The maximum atomic E-state index is 11.1. The van der Waals surface area contributed by atoms with E-state index in [1.807, 2.05) is 44.4 Å². The minimum atomic E-state index is -0.906. The molecule has 0 fully saturated rings. The molecule has 0 saturated carbocycles. The predicted octanol–water partition coefficient (Wildman–Crippen LogP) is 3.62. The highest BCUT2D eigenvalue weighted by Crippen LogP contribution is 2.14. The van der Waals surface area contributed by atoms with Crippen LogP contribution in [0, 0.1) is 0 Å². The van der Waals surface area contributed by atoms with Gasteiger partial charge in [0.15, 0.2) is 0 Å². The second-order valence-corrected chi connectivity index (χ2v) is 5.21. The lowest BCUT2D eigenvalue weighted by Crippen LogP contribution is -2.10. The minimum Gasteiger partial charge on any atom is -0.478 e. The first-order chi connectivity index (χ1) is 10.1. The molecule has 0 heterocycles. The fourth-order valence-corrected chi connectivity index (χ4v) is 2.12. The third-order valence-corrected chi connectivity index (χ3v) is 3.13. The van der Waals surface area contributed by atoms with Gasteiger partial charge in [0, 0.05) is 6.54 Å². The highest BCUT2D eigenvalue weighted by molar-refractivity contribution is 5.93. The van der Waals surface area contributed by atoms with E-state index < -0.39 is 5.97 Å². The van der Waals surface area contributed by atoms with E-state index in [0.717, 1.165) is 12.1 Å². The SMILES string of the molecule is CN(C)Cc1ccc(/C=C/c2ccccc2C(=O)O)cc1. The first-order valence-electron chi connectivity index (χ1n) is 6.80. The molecular weight excluding hydrogens is 262 g/mol. The Bertz CT molecular complexity index is 643. The van der Waals surface area contributed by atoms with Crippen LogP contribution in [0.2, 0.25) is 0 Å². The molecule has 0 aliphatic heterocycles. The Labute approximate surface area is 125 Å². The highest BCUT2D eigenvalue weighted by atomic mass is 16.4. The van der Waals surface area contributed by atoms with Crippen molar-refractivity contribution in [2.75, 3.05) is 14.1 Å². The summed E-state index contributed by atoms with van der Waals surface area (Å²) < 4.78 is 0. The van der Waals surface area contributed by atoms with Crippen LogP contribution in [0.25, 0.3) is 12.2 Å². The van der Waals surface area contributed by atoms with Crippen LogP contribution in [-0.4, -0.2) is 30.1 Å². The van der Waals surface area contributed by atoms with Gasteiger partial charge in [0.05, 0.1) is 5.56 Å². The normalized spacial score (nSPS) is 11.2. The summed E-state index contributed by atoms with van der Waals surface area (Å²) in [5.41, 5.74) is 3.33.